The molecular formula is C19H15Cl2N3O3S2. The summed E-state index contributed by atoms with van der Waals surface area (Å²) in [5.74, 6) is 0.670. The van der Waals surface area contributed by atoms with E-state index in [9.17, 15) is 4.79 Å². The van der Waals surface area contributed by atoms with Crippen molar-refractivity contribution in [2.45, 2.75) is 6.92 Å². The molecule has 0 fully saturated rings. The number of hydrazone groups is 1. The molecule has 0 aliphatic heterocycles. The first kappa shape index (κ1) is 21.3. The van der Waals surface area contributed by atoms with Crippen LogP contribution in [0, 0.1) is 0 Å². The van der Waals surface area contributed by atoms with Crippen molar-refractivity contribution in [3.8, 4) is 11.3 Å². The average Bonchev–Trinajstić information content (AvgIpc) is 3.37. The number of anilines is 1. The maximum absolute atomic E-state index is 11.9. The molecule has 0 aliphatic carbocycles. The molecule has 2 aromatic heterocycles. The molecule has 0 radical (unpaired) electrons. The van der Waals surface area contributed by atoms with Gasteiger partial charge in [-0.25, -0.2) is 4.79 Å². The second kappa shape index (κ2) is 9.41. The monoisotopic (exact) mass is 467 g/mol. The Kier molecular flexibility index (Phi) is 6.92. The number of carbonyl (C=O) groups is 1. The van der Waals surface area contributed by atoms with Crippen LogP contribution in [0.25, 0.3) is 11.3 Å². The third-order valence-electron chi connectivity index (χ3n) is 3.77. The fourth-order valence-corrected chi connectivity index (χ4v) is 3.79. The minimum atomic E-state index is -0.405. The van der Waals surface area contributed by atoms with Crippen molar-refractivity contribution in [3.05, 3.63) is 62.5 Å². The van der Waals surface area contributed by atoms with E-state index in [1.54, 1.807) is 48.7 Å². The van der Waals surface area contributed by atoms with E-state index >= 15 is 0 Å². The predicted octanol–water partition coefficient (Wildman–Crippen LogP) is 5.81. The Morgan fingerprint density at radius 1 is 1.24 bits per heavy atom. The molecule has 0 aliphatic rings. The van der Waals surface area contributed by atoms with Crippen LogP contribution in [0.2, 0.25) is 10.0 Å². The number of esters is 1. The van der Waals surface area contributed by atoms with E-state index in [0.29, 0.717) is 43.4 Å². The van der Waals surface area contributed by atoms with Gasteiger partial charge in [-0.05, 0) is 60.9 Å². The molecule has 6 nitrogen and oxygen atoms in total. The molecule has 0 saturated heterocycles. The summed E-state index contributed by atoms with van der Waals surface area (Å²) in [5.41, 5.74) is 4.58. The lowest BCUT2D eigenvalue weighted by Gasteiger charge is -2.09. The van der Waals surface area contributed by atoms with Crippen molar-refractivity contribution >= 4 is 69.2 Å². The van der Waals surface area contributed by atoms with E-state index in [1.165, 1.54) is 18.4 Å². The summed E-state index contributed by atoms with van der Waals surface area (Å²) in [4.78, 5) is 12.3. The third-order valence-corrected chi connectivity index (χ3v) is 5.40. The second-order valence-electron chi connectivity index (χ2n) is 5.71. The van der Waals surface area contributed by atoms with Crippen molar-refractivity contribution in [1.29, 1.82) is 0 Å². The number of thiophene rings is 1. The average molecular weight is 468 g/mol. The Morgan fingerprint density at radius 3 is 2.76 bits per heavy atom. The summed E-state index contributed by atoms with van der Waals surface area (Å²) in [6.07, 6.45) is 0. The summed E-state index contributed by atoms with van der Waals surface area (Å²) < 4.78 is 10.6. The van der Waals surface area contributed by atoms with Crippen LogP contribution < -0.4 is 10.7 Å². The lowest BCUT2D eigenvalue weighted by molar-refractivity contribution is 0.0607. The van der Waals surface area contributed by atoms with Gasteiger partial charge in [0, 0.05) is 10.6 Å². The fourth-order valence-electron chi connectivity index (χ4n) is 2.36. The summed E-state index contributed by atoms with van der Waals surface area (Å²) >= 11 is 18.5. The predicted molar refractivity (Wildman–Crippen MR) is 121 cm³/mol. The normalized spacial score (nSPS) is 11.2. The Balaban J connectivity index is 1.69. The summed E-state index contributed by atoms with van der Waals surface area (Å²) in [5, 5.41) is 10.2. The molecule has 0 bridgehead atoms. The molecule has 3 rings (SSSR count). The first-order chi connectivity index (χ1) is 13.9. The Hall–Kier alpha value is -2.39. The van der Waals surface area contributed by atoms with E-state index in [0.717, 1.165) is 0 Å². The first-order valence-corrected chi connectivity index (χ1v) is 10.3. The Labute approximate surface area is 186 Å². The van der Waals surface area contributed by atoms with E-state index in [2.05, 4.69) is 15.8 Å². The van der Waals surface area contributed by atoms with Gasteiger partial charge >= 0.3 is 5.97 Å². The van der Waals surface area contributed by atoms with Gasteiger partial charge in [0.1, 0.15) is 16.3 Å². The molecule has 0 amide bonds. The number of furan rings is 1. The number of ether oxygens (including phenoxy) is 1. The van der Waals surface area contributed by atoms with Crippen LogP contribution in [0.4, 0.5) is 5.69 Å². The van der Waals surface area contributed by atoms with Gasteiger partial charge in [0.15, 0.2) is 10.9 Å². The van der Waals surface area contributed by atoms with Gasteiger partial charge < -0.3 is 14.5 Å². The zero-order chi connectivity index (χ0) is 21.0. The number of benzene rings is 1. The van der Waals surface area contributed by atoms with Crippen LogP contribution in [-0.4, -0.2) is 23.9 Å². The van der Waals surface area contributed by atoms with Gasteiger partial charge in [0.2, 0.25) is 0 Å². The summed E-state index contributed by atoms with van der Waals surface area (Å²) in [6.45, 7) is 1.77. The largest absolute Gasteiger partial charge is 0.465 e. The molecule has 0 saturated carbocycles. The number of carbonyl (C=O) groups excluding carboxylic acids is 1. The highest BCUT2D eigenvalue weighted by molar-refractivity contribution is 7.80. The molecule has 0 spiro atoms. The van der Waals surface area contributed by atoms with Crippen LogP contribution in [-0.2, 0) is 4.74 Å². The number of nitrogens with zero attached hydrogens (tertiary/aromatic N) is 1. The van der Waals surface area contributed by atoms with Crippen molar-refractivity contribution in [3.63, 3.8) is 0 Å². The number of nitrogens with one attached hydrogen (secondary N) is 2. The number of methoxy groups -OCH3 is 1. The van der Waals surface area contributed by atoms with Crippen molar-refractivity contribution in [2.24, 2.45) is 5.10 Å². The third kappa shape index (κ3) is 5.16. The maximum Gasteiger partial charge on any atom is 0.348 e. The maximum atomic E-state index is 11.9. The summed E-state index contributed by atoms with van der Waals surface area (Å²) in [6, 6.07) is 10.4. The molecule has 0 atom stereocenters. The highest BCUT2D eigenvalue weighted by Crippen LogP contribution is 2.30. The highest BCUT2D eigenvalue weighted by atomic mass is 35.5. The van der Waals surface area contributed by atoms with Gasteiger partial charge in [-0.2, -0.15) is 5.10 Å². The molecule has 1 aromatic carbocycles. The van der Waals surface area contributed by atoms with Crippen LogP contribution in [0.5, 0.6) is 0 Å². The Bertz CT molecular complexity index is 1090. The van der Waals surface area contributed by atoms with Gasteiger partial charge in [-0.15, -0.1) is 11.3 Å². The smallest absolute Gasteiger partial charge is 0.348 e. The fraction of sp³-hybridized carbons (Fsp3) is 0.105. The molecule has 3 aromatic rings. The van der Waals surface area contributed by atoms with Crippen LogP contribution in [0.1, 0.15) is 22.4 Å². The standard InChI is InChI=1S/C19H15Cl2N3O3S2/c1-10(23-24-19(28)22-14-4-3-11(20)9-13(14)21)15-5-6-16(27-15)12-7-8-29-17(12)18(25)26-2/h3-9H,1-2H3,(H2,22,24,28)/b23-10+. The van der Waals surface area contributed by atoms with Crippen molar-refractivity contribution < 1.29 is 13.9 Å². The topological polar surface area (TPSA) is 75.9 Å². The van der Waals surface area contributed by atoms with Crippen LogP contribution in [0.15, 0.2) is 51.3 Å². The van der Waals surface area contributed by atoms with E-state index in [4.69, 9.17) is 44.6 Å². The molecular weight excluding hydrogens is 453 g/mol. The lowest BCUT2D eigenvalue weighted by atomic mass is 10.2. The van der Waals surface area contributed by atoms with Gasteiger partial charge in [0.25, 0.3) is 0 Å². The summed E-state index contributed by atoms with van der Waals surface area (Å²) in [7, 11) is 1.34. The molecule has 0 unspecified atom stereocenters. The van der Waals surface area contributed by atoms with Crippen molar-refractivity contribution in [1.82, 2.24) is 5.43 Å². The first-order valence-electron chi connectivity index (χ1n) is 8.21. The lowest BCUT2D eigenvalue weighted by Crippen LogP contribution is -2.25. The number of rotatable bonds is 5. The van der Waals surface area contributed by atoms with Crippen molar-refractivity contribution in [2.75, 3.05) is 12.4 Å². The molecule has 2 N–H and O–H groups in total. The van der Waals surface area contributed by atoms with E-state index in [1.807, 2.05) is 0 Å². The zero-order valence-corrected chi connectivity index (χ0v) is 18.4. The zero-order valence-electron chi connectivity index (χ0n) is 15.3. The Morgan fingerprint density at radius 2 is 2.03 bits per heavy atom. The molecule has 2 heterocycles. The van der Waals surface area contributed by atoms with E-state index in [-0.39, 0.29) is 5.11 Å². The quantitative estimate of drug-likeness (QED) is 0.213. The number of halogens is 2. The number of hydrogen-bond acceptors (Lipinski definition) is 6. The van der Waals surface area contributed by atoms with E-state index < -0.39 is 5.97 Å². The second-order valence-corrected chi connectivity index (χ2v) is 7.87. The van der Waals surface area contributed by atoms with Crippen LogP contribution in [0.3, 0.4) is 0 Å². The SMILES string of the molecule is COC(=O)c1sccc1-c1ccc(/C(C)=N/NC(=S)Nc2ccc(Cl)cc2Cl)o1. The van der Waals surface area contributed by atoms with Gasteiger partial charge in [0.05, 0.1) is 17.8 Å². The van der Waals surface area contributed by atoms with Gasteiger partial charge in [-0.1, -0.05) is 23.2 Å². The molecule has 150 valence electrons. The van der Waals surface area contributed by atoms with Gasteiger partial charge in [-0.3, -0.25) is 5.43 Å². The number of hydrogen-bond donors (Lipinski definition) is 2. The van der Waals surface area contributed by atoms with Crippen LogP contribution >= 0.6 is 46.8 Å². The number of thiocarbonyl (C=S) groups is 1. The minimum Gasteiger partial charge on any atom is -0.465 e. The molecule has 29 heavy (non-hydrogen) atoms. The molecule has 10 heteroatoms. The highest BCUT2D eigenvalue weighted by Gasteiger charge is 2.18. The minimum absolute atomic E-state index is 0.256.